The molecule has 23 heavy (non-hydrogen) atoms. The Morgan fingerprint density at radius 1 is 1.39 bits per heavy atom. The summed E-state index contributed by atoms with van der Waals surface area (Å²) in [7, 11) is 4.18. The van der Waals surface area contributed by atoms with Crippen molar-refractivity contribution in [3.63, 3.8) is 0 Å². The van der Waals surface area contributed by atoms with Crippen LogP contribution in [0.4, 0.5) is 0 Å². The molecule has 2 heterocycles. The fraction of sp³-hybridized carbons (Fsp3) is 0.438. The predicted molar refractivity (Wildman–Crippen MR) is 88.0 cm³/mol. The lowest BCUT2D eigenvalue weighted by molar-refractivity contribution is 0.237. The van der Waals surface area contributed by atoms with E-state index in [0.29, 0.717) is 16.6 Å². The van der Waals surface area contributed by atoms with Gasteiger partial charge in [0.25, 0.3) is 0 Å². The van der Waals surface area contributed by atoms with E-state index in [4.69, 9.17) is 16.9 Å². The molecule has 0 saturated carbocycles. The molecule has 1 saturated heterocycles. The number of likely N-dealkylation sites (N-methyl/N-ethyl adjacent to an activating group) is 1. The van der Waals surface area contributed by atoms with Crippen LogP contribution in [0, 0.1) is 11.3 Å². The van der Waals surface area contributed by atoms with E-state index in [9.17, 15) is 0 Å². The molecule has 120 valence electrons. The fourth-order valence-corrected chi connectivity index (χ4v) is 3.36. The highest BCUT2D eigenvalue weighted by Crippen LogP contribution is 2.27. The van der Waals surface area contributed by atoms with Crippen molar-refractivity contribution in [2.24, 2.45) is 0 Å². The van der Waals surface area contributed by atoms with E-state index in [-0.39, 0.29) is 6.04 Å². The van der Waals surface area contributed by atoms with Gasteiger partial charge >= 0.3 is 0 Å². The van der Waals surface area contributed by atoms with Crippen molar-refractivity contribution in [1.29, 1.82) is 5.26 Å². The second kappa shape index (κ2) is 6.67. The SMILES string of the molecule is CN(C)[C@@H]1CN(Cc2ccc(C#N)cc2Cl)C[C@@H]1n1ccnn1. The fourth-order valence-electron chi connectivity index (χ4n) is 3.12. The summed E-state index contributed by atoms with van der Waals surface area (Å²) in [4.78, 5) is 4.59. The highest BCUT2D eigenvalue weighted by molar-refractivity contribution is 6.31. The molecule has 0 bridgehead atoms. The molecule has 1 aromatic heterocycles. The molecule has 2 atom stereocenters. The van der Waals surface area contributed by atoms with Crippen molar-refractivity contribution < 1.29 is 0 Å². The number of hydrogen-bond donors (Lipinski definition) is 0. The second-order valence-corrected chi connectivity index (χ2v) is 6.50. The van der Waals surface area contributed by atoms with Gasteiger partial charge in [-0.05, 0) is 31.8 Å². The van der Waals surface area contributed by atoms with Crippen molar-refractivity contribution in [1.82, 2.24) is 24.8 Å². The zero-order valence-electron chi connectivity index (χ0n) is 13.2. The number of benzene rings is 1. The molecule has 1 fully saturated rings. The first kappa shape index (κ1) is 15.9. The number of halogens is 1. The summed E-state index contributed by atoms with van der Waals surface area (Å²) in [5.41, 5.74) is 1.63. The molecular weight excluding hydrogens is 312 g/mol. The molecule has 0 spiro atoms. The number of nitrogens with zero attached hydrogens (tertiary/aromatic N) is 6. The van der Waals surface area contributed by atoms with Crippen LogP contribution < -0.4 is 0 Å². The summed E-state index contributed by atoms with van der Waals surface area (Å²) in [6.07, 6.45) is 3.63. The van der Waals surface area contributed by atoms with Crippen LogP contribution >= 0.6 is 11.6 Å². The zero-order chi connectivity index (χ0) is 16.4. The Hall–Kier alpha value is -1.94. The number of hydrogen-bond acceptors (Lipinski definition) is 5. The lowest BCUT2D eigenvalue weighted by atomic mass is 10.1. The van der Waals surface area contributed by atoms with E-state index in [0.717, 1.165) is 25.2 Å². The minimum Gasteiger partial charge on any atom is -0.303 e. The van der Waals surface area contributed by atoms with Crippen LogP contribution in [0.15, 0.2) is 30.6 Å². The summed E-state index contributed by atoms with van der Waals surface area (Å²) in [6.45, 7) is 2.59. The maximum atomic E-state index is 8.93. The quantitative estimate of drug-likeness (QED) is 0.855. The molecule has 2 aromatic rings. The normalized spacial score (nSPS) is 21.7. The average Bonchev–Trinajstić information content (AvgIpc) is 3.18. The van der Waals surface area contributed by atoms with Crippen molar-refractivity contribution in [2.75, 3.05) is 27.2 Å². The van der Waals surface area contributed by atoms with E-state index >= 15 is 0 Å². The van der Waals surface area contributed by atoms with Crippen LogP contribution in [-0.4, -0.2) is 58.0 Å². The lowest BCUT2D eigenvalue weighted by Gasteiger charge is -2.24. The first-order chi connectivity index (χ1) is 11.1. The van der Waals surface area contributed by atoms with E-state index < -0.39 is 0 Å². The minimum absolute atomic E-state index is 0.268. The molecule has 0 radical (unpaired) electrons. The van der Waals surface area contributed by atoms with Gasteiger partial charge in [-0.3, -0.25) is 4.90 Å². The van der Waals surface area contributed by atoms with Crippen LogP contribution in [0.2, 0.25) is 5.02 Å². The smallest absolute Gasteiger partial charge is 0.0992 e. The lowest BCUT2D eigenvalue weighted by Crippen LogP contribution is -2.36. The molecule has 0 unspecified atom stereocenters. The molecule has 0 amide bonds. The molecule has 3 rings (SSSR count). The third kappa shape index (κ3) is 3.37. The summed E-state index contributed by atoms with van der Waals surface area (Å²) in [6, 6.07) is 8.23. The van der Waals surface area contributed by atoms with E-state index in [1.54, 1.807) is 12.3 Å². The Balaban J connectivity index is 1.76. The standard InChI is InChI=1S/C16H19ClN6/c1-21(2)15-10-22(11-16(15)23-6-5-19-20-23)9-13-4-3-12(8-18)7-14(13)17/h3-7,15-16H,9-11H2,1-2H3/t15-,16+/m1/s1. The Bertz CT molecular complexity index is 706. The Morgan fingerprint density at radius 2 is 2.22 bits per heavy atom. The first-order valence-electron chi connectivity index (χ1n) is 7.51. The average molecular weight is 331 g/mol. The Kier molecular flexibility index (Phi) is 4.62. The van der Waals surface area contributed by atoms with Gasteiger partial charge in [-0.1, -0.05) is 22.9 Å². The van der Waals surface area contributed by atoms with Gasteiger partial charge < -0.3 is 4.90 Å². The molecule has 1 aromatic carbocycles. The highest BCUT2D eigenvalue weighted by Gasteiger charge is 2.36. The topological polar surface area (TPSA) is 61.0 Å². The van der Waals surface area contributed by atoms with Gasteiger partial charge in [-0.2, -0.15) is 5.26 Å². The van der Waals surface area contributed by atoms with E-state index in [1.807, 2.05) is 23.0 Å². The maximum absolute atomic E-state index is 8.93. The monoisotopic (exact) mass is 330 g/mol. The van der Waals surface area contributed by atoms with Crippen LogP contribution in [0.1, 0.15) is 17.2 Å². The van der Waals surface area contributed by atoms with Gasteiger partial charge in [0.1, 0.15) is 0 Å². The van der Waals surface area contributed by atoms with Gasteiger partial charge in [0.2, 0.25) is 0 Å². The van der Waals surface area contributed by atoms with Crippen molar-refractivity contribution in [2.45, 2.75) is 18.6 Å². The van der Waals surface area contributed by atoms with E-state index in [2.05, 4.69) is 40.3 Å². The molecular formula is C16H19ClN6. The van der Waals surface area contributed by atoms with Crippen LogP contribution in [-0.2, 0) is 6.54 Å². The third-order valence-corrected chi connectivity index (χ3v) is 4.71. The van der Waals surface area contributed by atoms with Gasteiger partial charge in [-0.15, -0.1) is 5.10 Å². The molecule has 6 nitrogen and oxygen atoms in total. The van der Waals surface area contributed by atoms with Crippen molar-refractivity contribution >= 4 is 11.6 Å². The van der Waals surface area contributed by atoms with Crippen LogP contribution in [0.5, 0.6) is 0 Å². The molecule has 0 aliphatic carbocycles. The maximum Gasteiger partial charge on any atom is 0.0992 e. The van der Waals surface area contributed by atoms with Crippen molar-refractivity contribution in [3.05, 3.63) is 46.7 Å². The zero-order valence-corrected chi connectivity index (χ0v) is 14.0. The summed E-state index contributed by atoms with van der Waals surface area (Å²) in [5, 5.41) is 17.7. The molecule has 0 N–H and O–H groups in total. The summed E-state index contributed by atoms with van der Waals surface area (Å²) < 4.78 is 1.94. The van der Waals surface area contributed by atoms with Gasteiger partial charge in [0.05, 0.1) is 23.9 Å². The minimum atomic E-state index is 0.268. The van der Waals surface area contributed by atoms with Crippen LogP contribution in [0.25, 0.3) is 0 Å². The number of rotatable bonds is 4. The largest absolute Gasteiger partial charge is 0.303 e. The second-order valence-electron chi connectivity index (χ2n) is 6.09. The molecule has 7 heteroatoms. The van der Waals surface area contributed by atoms with Crippen LogP contribution in [0.3, 0.4) is 0 Å². The highest BCUT2D eigenvalue weighted by atomic mass is 35.5. The summed E-state index contributed by atoms with van der Waals surface area (Å²) >= 11 is 6.31. The molecule has 1 aliphatic heterocycles. The van der Waals surface area contributed by atoms with Crippen molar-refractivity contribution in [3.8, 4) is 6.07 Å². The first-order valence-corrected chi connectivity index (χ1v) is 7.89. The van der Waals surface area contributed by atoms with Gasteiger partial charge in [0, 0.05) is 36.9 Å². The number of aromatic nitrogens is 3. The summed E-state index contributed by atoms with van der Waals surface area (Å²) in [5.74, 6) is 0. The third-order valence-electron chi connectivity index (χ3n) is 4.35. The molecule has 1 aliphatic rings. The van der Waals surface area contributed by atoms with Gasteiger partial charge in [-0.25, -0.2) is 4.68 Å². The Morgan fingerprint density at radius 3 is 2.83 bits per heavy atom. The predicted octanol–water partition coefficient (Wildman–Crippen LogP) is 1.79. The number of likely N-dealkylation sites (tertiary alicyclic amines) is 1. The van der Waals surface area contributed by atoms with E-state index in [1.165, 1.54) is 0 Å². The number of nitriles is 1. The van der Waals surface area contributed by atoms with Gasteiger partial charge in [0.15, 0.2) is 0 Å². The Labute approximate surface area is 140 Å².